The molecule has 3 rings (SSSR count). The van der Waals surface area contributed by atoms with Crippen LogP contribution in [0.4, 0.5) is 0 Å². The van der Waals surface area contributed by atoms with E-state index < -0.39 is 5.97 Å². The average Bonchev–Trinajstić information content (AvgIpc) is 3.06. The Balaban J connectivity index is 1.95. The van der Waals surface area contributed by atoms with Crippen LogP contribution in [0.3, 0.4) is 0 Å². The molecule has 1 heterocycles. The monoisotopic (exact) mass is 447 g/mol. The summed E-state index contributed by atoms with van der Waals surface area (Å²) in [7, 11) is 0. The number of phenols is 2. The molecule has 0 saturated heterocycles. The van der Waals surface area contributed by atoms with Gasteiger partial charge in [-0.25, -0.2) is 4.79 Å². The first-order chi connectivity index (χ1) is 15.7. The molecule has 0 aromatic heterocycles. The van der Waals surface area contributed by atoms with Crippen LogP contribution in [0.15, 0.2) is 71.2 Å². The highest BCUT2D eigenvalue weighted by Gasteiger charge is 2.31. The largest absolute Gasteiger partial charge is 0.508 e. The first-order valence-corrected chi connectivity index (χ1v) is 10.7. The Morgan fingerprint density at radius 2 is 1.58 bits per heavy atom. The van der Waals surface area contributed by atoms with E-state index in [1.165, 1.54) is 6.07 Å². The number of rotatable bonds is 7. The fourth-order valence-corrected chi connectivity index (χ4v) is 3.37. The van der Waals surface area contributed by atoms with Crippen molar-refractivity contribution in [2.45, 2.75) is 33.6 Å². The van der Waals surface area contributed by atoms with Crippen molar-refractivity contribution in [3.05, 3.63) is 93.5 Å². The molecule has 6 heteroatoms. The van der Waals surface area contributed by atoms with Crippen LogP contribution < -0.4 is 5.73 Å². The van der Waals surface area contributed by atoms with Gasteiger partial charge in [0, 0.05) is 6.54 Å². The minimum Gasteiger partial charge on any atom is -0.508 e. The second kappa shape index (κ2) is 10.2. The van der Waals surface area contributed by atoms with E-state index in [0.717, 1.165) is 11.1 Å². The number of benzene rings is 2. The molecule has 0 fully saturated rings. The van der Waals surface area contributed by atoms with Crippen LogP contribution in [-0.2, 0) is 22.4 Å². The highest BCUT2D eigenvalue weighted by molar-refractivity contribution is 6.21. The molecule has 0 saturated carbocycles. The van der Waals surface area contributed by atoms with Crippen LogP contribution in [0.25, 0.3) is 11.6 Å². The summed E-state index contributed by atoms with van der Waals surface area (Å²) in [4.78, 5) is 12.6. The molecule has 172 valence electrons. The van der Waals surface area contributed by atoms with Crippen molar-refractivity contribution in [1.29, 1.82) is 0 Å². The molecule has 0 unspecified atom stereocenters. The number of allylic oxidation sites excluding steroid dienone is 3. The van der Waals surface area contributed by atoms with Gasteiger partial charge >= 0.3 is 5.97 Å². The van der Waals surface area contributed by atoms with E-state index in [1.54, 1.807) is 36.4 Å². The average molecular weight is 448 g/mol. The molecule has 0 aliphatic carbocycles. The third kappa shape index (κ3) is 5.73. The molecule has 2 aromatic rings. The number of carbonyl (C=O) groups is 1. The second-order valence-electron chi connectivity index (χ2n) is 8.30. The van der Waals surface area contributed by atoms with Crippen molar-refractivity contribution in [3.63, 3.8) is 0 Å². The molecule has 0 atom stereocenters. The topological polar surface area (TPSA) is 113 Å². The number of nitrogens with two attached hydrogens (primary N) is 1. The van der Waals surface area contributed by atoms with Gasteiger partial charge in [-0.2, -0.15) is 0 Å². The van der Waals surface area contributed by atoms with E-state index in [0.29, 0.717) is 41.6 Å². The first kappa shape index (κ1) is 23.9. The normalized spacial score (nSPS) is 15.2. The van der Waals surface area contributed by atoms with Crippen LogP contribution in [0, 0.1) is 0 Å². The van der Waals surface area contributed by atoms with Crippen LogP contribution in [-0.4, -0.2) is 27.8 Å². The zero-order chi connectivity index (χ0) is 24.1. The quantitative estimate of drug-likeness (QED) is 0.354. The van der Waals surface area contributed by atoms with Crippen molar-refractivity contribution in [2.24, 2.45) is 5.73 Å². The number of ether oxygens (including phenoxy) is 1. The number of phenolic OH excluding ortho intramolecular Hbond substituents is 2. The lowest BCUT2D eigenvalue weighted by Crippen LogP contribution is -2.00. The molecule has 0 radical (unpaired) electrons. The summed E-state index contributed by atoms with van der Waals surface area (Å²) in [6.45, 7) is 6.28. The van der Waals surface area contributed by atoms with Gasteiger partial charge in [0.05, 0.1) is 0 Å². The smallest absolute Gasteiger partial charge is 0.348 e. The third-order valence-electron chi connectivity index (χ3n) is 5.37. The first-order valence-electron chi connectivity index (χ1n) is 10.7. The fourth-order valence-electron chi connectivity index (χ4n) is 3.37. The molecule has 1 aliphatic heterocycles. The summed E-state index contributed by atoms with van der Waals surface area (Å²) >= 11 is 0. The predicted molar refractivity (Wildman–Crippen MR) is 129 cm³/mol. The zero-order valence-corrected chi connectivity index (χ0v) is 19.1. The van der Waals surface area contributed by atoms with Gasteiger partial charge in [0.2, 0.25) is 0 Å². The number of cyclic esters (lactones) is 1. The predicted octanol–water partition coefficient (Wildman–Crippen LogP) is 4.92. The van der Waals surface area contributed by atoms with Gasteiger partial charge in [-0.1, -0.05) is 35.4 Å². The number of aromatic hydroxyl groups is 2. The van der Waals surface area contributed by atoms with Gasteiger partial charge in [0.15, 0.2) is 11.5 Å². The fraction of sp³-hybridized carbons (Fsp3) is 0.222. The van der Waals surface area contributed by atoms with E-state index in [9.17, 15) is 20.1 Å². The number of esters is 1. The van der Waals surface area contributed by atoms with Crippen molar-refractivity contribution in [1.82, 2.24) is 0 Å². The summed E-state index contributed by atoms with van der Waals surface area (Å²) < 4.78 is 5.33. The van der Waals surface area contributed by atoms with E-state index in [1.807, 2.05) is 32.9 Å². The number of carbonyl (C=O) groups excluding carboxylic acids is 1. The summed E-state index contributed by atoms with van der Waals surface area (Å²) in [6.07, 6.45) is 6.46. The molecule has 0 amide bonds. The minimum absolute atomic E-state index is 0.0271. The second-order valence-corrected chi connectivity index (χ2v) is 8.30. The maximum atomic E-state index is 12.6. The number of aliphatic hydroxyl groups is 1. The Bertz CT molecular complexity index is 1200. The van der Waals surface area contributed by atoms with Gasteiger partial charge in [-0.3, -0.25) is 0 Å². The lowest BCUT2D eigenvalue weighted by molar-refractivity contribution is -0.131. The van der Waals surface area contributed by atoms with Crippen LogP contribution in [0.1, 0.15) is 43.0 Å². The maximum absolute atomic E-state index is 12.6. The zero-order valence-electron chi connectivity index (χ0n) is 19.1. The number of hydrogen-bond donors (Lipinski definition) is 4. The van der Waals surface area contributed by atoms with Crippen LogP contribution in [0.2, 0.25) is 0 Å². The highest BCUT2D eigenvalue weighted by atomic mass is 16.6. The van der Waals surface area contributed by atoms with Crippen molar-refractivity contribution in [2.75, 3.05) is 6.54 Å². The summed E-state index contributed by atoms with van der Waals surface area (Å²) in [5.41, 5.74) is 10.2. The molecule has 5 N–H and O–H groups in total. The Kier molecular flexibility index (Phi) is 7.41. The lowest BCUT2D eigenvalue weighted by Gasteiger charge is -2.06. The Labute approximate surface area is 193 Å². The van der Waals surface area contributed by atoms with E-state index >= 15 is 0 Å². The summed E-state index contributed by atoms with van der Waals surface area (Å²) in [5, 5.41) is 31.0. The van der Waals surface area contributed by atoms with Gasteiger partial charge < -0.3 is 25.8 Å². The van der Waals surface area contributed by atoms with Crippen molar-refractivity contribution < 1.29 is 24.9 Å². The van der Waals surface area contributed by atoms with Gasteiger partial charge in [-0.15, -0.1) is 0 Å². The van der Waals surface area contributed by atoms with E-state index in [-0.39, 0.29) is 28.6 Å². The molecule has 1 aliphatic rings. The van der Waals surface area contributed by atoms with Gasteiger partial charge in [0.25, 0.3) is 0 Å². The van der Waals surface area contributed by atoms with E-state index in [4.69, 9.17) is 10.5 Å². The Morgan fingerprint density at radius 3 is 2.24 bits per heavy atom. The molecular formula is C27H29NO5. The molecule has 2 aromatic carbocycles. The highest BCUT2D eigenvalue weighted by Crippen LogP contribution is 2.35. The third-order valence-corrected chi connectivity index (χ3v) is 5.37. The maximum Gasteiger partial charge on any atom is 0.348 e. The Hall–Kier alpha value is -3.77. The number of hydrogen-bond acceptors (Lipinski definition) is 6. The summed E-state index contributed by atoms with van der Waals surface area (Å²) in [5.74, 6) is -0.645. The molecular weight excluding hydrogens is 418 g/mol. The SMILES string of the molecule is CC(C)=CCc1cc(C2=C(O)/C(=C\c3ccc(O)c(C/C=C(\C)CN)c3)OC2=O)ccc1O. The molecule has 0 bridgehead atoms. The Morgan fingerprint density at radius 1 is 0.939 bits per heavy atom. The van der Waals surface area contributed by atoms with E-state index in [2.05, 4.69) is 0 Å². The van der Waals surface area contributed by atoms with Gasteiger partial charge in [-0.05, 0) is 86.2 Å². The molecule has 33 heavy (non-hydrogen) atoms. The lowest BCUT2D eigenvalue weighted by atomic mass is 9.99. The van der Waals surface area contributed by atoms with Gasteiger partial charge in [0.1, 0.15) is 17.1 Å². The summed E-state index contributed by atoms with van der Waals surface area (Å²) in [6, 6.07) is 9.74. The minimum atomic E-state index is -0.668. The molecule has 0 spiro atoms. The van der Waals surface area contributed by atoms with Crippen molar-refractivity contribution in [3.8, 4) is 11.5 Å². The van der Waals surface area contributed by atoms with Crippen LogP contribution in [0.5, 0.6) is 11.5 Å². The standard InChI is InChI=1S/C27H29NO5/c1-16(2)4-7-20-14-21(9-11-23(20)30)25-26(31)24(33-27(25)32)13-18-6-10-22(29)19(12-18)8-5-17(3)15-28/h4-6,9-14,29-31H,7-8,15,28H2,1-3H3/b17-5+,24-13+. The van der Waals surface area contributed by atoms with Crippen LogP contribution >= 0.6 is 0 Å². The van der Waals surface area contributed by atoms with Crippen molar-refractivity contribution >= 4 is 17.6 Å². The molecule has 6 nitrogen and oxygen atoms in total. The number of aliphatic hydroxyl groups excluding tert-OH is 1.